The Bertz CT molecular complexity index is 993. The third-order valence-corrected chi connectivity index (χ3v) is 8.17. The van der Waals surface area contributed by atoms with Gasteiger partial charge in [-0.2, -0.15) is 5.10 Å². The minimum Gasteiger partial charge on any atom is -0.313 e. The molecule has 0 atom stereocenters. The number of aromatic nitrogens is 3. The Labute approximate surface area is 217 Å². The molecule has 0 spiro atoms. The van der Waals surface area contributed by atoms with Gasteiger partial charge in [0.1, 0.15) is 0 Å². The third kappa shape index (κ3) is 6.85. The summed E-state index contributed by atoms with van der Waals surface area (Å²) >= 11 is 1.81. The first-order valence-electron chi connectivity index (χ1n) is 13.4. The molecule has 0 unspecified atom stereocenters. The van der Waals surface area contributed by atoms with Crippen molar-refractivity contribution >= 4 is 23.8 Å². The molecule has 2 aromatic rings. The van der Waals surface area contributed by atoms with Crippen LogP contribution in [0.5, 0.6) is 0 Å². The third-order valence-electron chi connectivity index (χ3n) is 7.23. The molecule has 36 heavy (non-hydrogen) atoms. The van der Waals surface area contributed by atoms with Gasteiger partial charge in [-0.25, -0.2) is 4.98 Å². The topological polar surface area (TPSA) is 102 Å². The van der Waals surface area contributed by atoms with Crippen molar-refractivity contribution < 1.29 is 0 Å². The van der Waals surface area contributed by atoms with Crippen molar-refractivity contribution in [3.8, 4) is 0 Å². The van der Waals surface area contributed by atoms with Crippen LogP contribution in [-0.2, 0) is 25.8 Å². The summed E-state index contributed by atoms with van der Waals surface area (Å²) < 4.78 is 0. The first-order chi connectivity index (χ1) is 17.9. The first-order valence-corrected chi connectivity index (χ1v) is 14.2. The van der Waals surface area contributed by atoms with Crippen LogP contribution in [0.4, 0.5) is 0 Å². The largest absolute Gasteiger partial charge is 0.313 e. The maximum atomic E-state index is 4.28. The van der Waals surface area contributed by atoms with Crippen LogP contribution in [0.25, 0.3) is 0 Å². The molecule has 0 saturated heterocycles. The highest BCUT2D eigenvalue weighted by molar-refractivity contribution is 7.09. The van der Waals surface area contributed by atoms with Gasteiger partial charge >= 0.3 is 0 Å². The van der Waals surface area contributed by atoms with E-state index in [1.807, 2.05) is 35.5 Å². The van der Waals surface area contributed by atoms with Gasteiger partial charge < -0.3 is 16.0 Å². The van der Waals surface area contributed by atoms with Crippen LogP contribution in [0.2, 0.25) is 0 Å². The van der Waals surface area contributed by atoms with E-state index in [1.54, 1.807) is 0 Å². The number of hydrogen-bond acceptors (Lipinski definition) is 8. The van der Waals surface area contributed by atoms with Gasteiger partial charge in [0.2, 0.25) is 0 Å². The Morgan fingerprint density at radius 3 is 2.53 bits per heavy atom. The van der Waals surface area contributed by atoms with Crippen molar-refractivity contribution in [1.82, 2.24) is 31.1 Å². The molecule has 1 aliphatic carbocycles. The fourth-order valence-electron chi connectivity index (χ4n) is 5.09. The predicted octanol–water partition coefficient (Wildman–Crippen LogP) is 3.15. The quantitative estimate of drug-likeness (QED) is 0.440. The van der Waals surface area contributed by atoms with Gasteiger partial charge in [0.25, 0.3) is 0 Å². The summed E-state index contributed by atoms with van der Waals surface area (Å²) in [5.41, 5.74) is 11.8. The highest BCUT2D eigenvalue weighted by Crippen LogP contribution is 2.23. The molecule has 0 aromatic carbocycles. The van der Waals surface area contributed by atoms with Gasteiger partial charge in [0.15, 0.2) is 0 Å². The number of aliphatic imine (C=N–C) groups is 2. The SMILES string of the molecule is C1=NC2=C(C1)CNCC2.C1=NCC2=C1CCNC2.c1n[nH]c2c1CNCC2.c1nc2c(s1)CCCC2. The van der Waals surface area contributed by atoms with Crippen molar-refractivity contribution in [1.29, 1.82) is 0 Å². The number of rotatable bonds is 0. The average Bonchev–Trinajstić information content (AvgIpc) is 3.76. The Balaban J connectivity index is 0.0000000988. The Morgan fingerprint density at radius 1 is 0.833 bits per heavy atom. The van der Waals surface area contributed by atoms with Gasteiger partial charge in [-0.1, -0.05) is 0 Å². The van der Waals surface area contributed by atoms with Gasteiger partial charge in [0, 0.05) is 86.2 Å². The zero-order valence-electron chi connectivity index (χ0n) is 21.1. The molecule has 0 amide bonds. The summed E-state index contributed by atoms with van der Waals surface area (Å²) in [5.74, 6) is 0. The molecule has 7 heterocycles. The minimum absolute atomic E-state index is 0.947. The van der Waals surface area contributed by atoms with E-state index in [0.29, 0.717) is 0 Å². The fourth-order valence-corrected chi connectivity index (χ4v) is 5.95. The Morgan fingerprint density at radius 2 is 1.67 bits per heavy atom. The second kappa shape index (κ2) is 13.2. The van der Waals surface area contributed by atoms with E-state index >= 15 is 0 Å². The summed E-state index contributed by atoms with van der Waals surface area (Å²) in [5, 5.41) is 16.8. The molecule has 0 saturated carbocycles. The smallest absolute Gasteiger partial charge is 0.0797 e. The summed E-state index contributed by atoms with van der Waals surface area (Å²) in [4.78, 5) is 14.3. The monoisotopic (exact) mass is 506 g/mol. The van der Waals surface area contributed by atoms with E-state index in [1.165, 1.54) is 76.3 Å². The molecule has 5 aliphatic heterocycles. The van der Waals surface area contributed by atoms with Crippen LogP contribution in [0.1, 0.15) is 53.9 Å². The molecule has 9 heteroatoms. The standard InChI is InChI=1S/2C7H10N2.C7H9NS.C6H9N3/c1-4-9-7-2-3-8-5-6(1)7;1-2-8-4-7-5-9-3-6(1)7;1-2-4-7-6(3-1)8-5-9-7;1-2-7-3-5-4-8-9-6(1)5/h4,8H,1-3,5H2;3,8H,1-2,4-5H2;5H,1-4H2;4,7H,1-3H2,(H,8,9). The lowest BCUT2D eigenvalue weighted by Crippen LogP contribution is -2.24. The fraction of sp³-hybridized carbons (Fsp3) is 0.556. The van der Waals surface area contributed by atoms with Crippen molar-refractivity contribution in [2.24, 2.45) is 9.98 Å². The lowest BCUT2D eigenvalue weighted by Gasteiger charge is -2.12. The first kappa shape index (κ1) is 25.2. The number of H-pyrrole nitrogens is 1. The van der Waals surface area contributed by atoms with E-state index in [0.717, 1.165) is 65.1 Å². The van der Waals surface area contributed by atoms with Gasteiger partial charge in [-0.15, -0.1) is 11.3 Å². The van der Waals surface area contributed by atoms with Gasteiger partial charge in [-0.3, -0.25) is 15.1 Å². The average molecular weight is 507 g/mol. The minimum atomic E-state index is 0.947. The predicted molar refractivity (Wildman–Crippen MR) is 148 cm³/mol. The number of aryl methyl sites for hydroxylation is 2. The van der Waals surface area contributed by atoms with E-state index in [4.69, 9.17) is 0 Å². The molecule has 0 bridgehead atoms. The van der Waals surface area contributed by atoms with Crippen LogP contribution < -0.4 is 16.0 Å². The number of nitrogens with one attached hydrogen (secondary N) is 4. The van der Waals surface area contributed by atoms with Crippen LogP contribution in [0.15, 0.2) is 44.1 Å². The van der Waals surface area contributed by atoms with Crippen LogP contribution >= 0.6 is 11.3 Å². The van der Waals surface area contributed by atoms with E-state index in [-0.39, 0.29) is 0 Å². The van der Waals surface area contributed by atoms with Crippen LogP contribution in [-0.4, -0.2) is 66.9 Å². The molecule has 8 rings (SSSR count). The van der Waals surface area contributed by atoms with E-state index in [2.05, 4.69) is 41.1 Å². The summed E-state index contributed by atoms with van der Waals surface area (Å²) in [6, 6.07) is 0. The second-order valence-electron chi connectivity index (χ2n) is 9.75. The summed E-state index contributed by atoms with van der Waals surface area (Å²) in [6.45, 7) is 7.37. The molecule has 2 aromatic heterocycles. The highest BCUT2D eigenvalue weighted by Gasteiger charge is 2.14. The van der Waals surface area contributed by atoms with Crippen molar-refractivity contribution in [3.05, 3.63) is 56.0 Å². The number of aromatic amines is 1. The maximum absolute atomic E-state index is 4.28. The number of nitrogens with zero attached hydrogens (tertiary/aromatic N) is 4. The summed E-state index contributed by atoms with van der Waals surface area (Å²) in [6.07, 6.45) is 15.6. The molecule has 192 valence electrons. The second-order valence-corrected chi connectivity index (χ2v) is 10.7. The van der Waals surface area contributed by atoms with Gasteiger partial charge in [-0.05, 0) is 55.4 Å². The molecular weight excluding hydrogens is 468 g/mol. The number of fused-ring (bicyclic) bond motifs is 2. The Kier molecular flexibility index (Phi) is 9.23. The van der Waals surface area contributed by atoms with Crippen LogP contribution in [0, 0.1) is 0 Å². The normalized spacial score (nSPS) is 21.1. The number of hydrogen-bond donors (Lipinski definition) is 4. The summed E-state index contributed by atoms with van der Waals surface area (Å²) in [7, 11) is 0. The van der Waals surface area contributed by atoms with Crippen LogP contribution in [0.3, 0.4) is 0 Å². The molecule has 0 radical (unpaired) electrons. The maximum Gasteiger partial charge on any atom is 0.0797 e. The highest BCUT2D eigenvalue weighted by atomic mass is 32.1. The lowest BCUT2D eigenvalue weighted by molar-refractivity contribution is 0.637. The Hall–Kier alpha value is -2.46. The molecule has 0 fully saturated rings. The molecule has 4 N–H and O–H groups in total. The zero-order valence-corrected chi connectivity index (χ0v) is 21.9. The van der Waals surface area contributed by atoms with Gasteiger partial charge in [0.05, 0.1) is 23.9 Å². The zero-order chi connectivity index (χ0) is 24.4. The van der Waals surface area contributed by atoms with Crippen molar-refractivity contribution in [3.63, 3.8) is 0 Å². The molecule has 8 nitrogen and oxygen atoms in total. The molecular formula is C27H38N8S. The van der Waals surface area contributed by atoms with E-state index in [9.17, 15) is 0 Å². The number of thiazole rings is 1. The van der Waals surface area contributed by atoms with E-state index < -0.39 is 0 Å². The van der Waals surface area contributed by atoms with Crippen molar-refractivity contribution in [2.45, 2.75) is 57.9 Å². The molecule has 6 aliphatic rings. The lowest BCUT2D eigenvalue weighted by atomic mass is 10.0. The van der Waals surface area contributed by atoms with Crippen molar-refractivity contribution in [2.75, 3.05) is 39.3 Å².